The van der Waals surface area contributed by atoms with Gasteiger partial charge in [0.25, 0.3) is 0 Å². The Morgan fingerprint density at radius 3 is 2.67 bits per heavy atom. The molecule has 3 aromatic rings. The molecule has 1 unspecified atom stereocenters. The van der Waals surface area contributed by atoms with Gasteiger partial charge in [-0.1, -0.05) is 42.1 Å². The molecule has 0 saturated carbocycles. The zero-order valence-corrected chi connectivity index (χ0v) is 13.5. The third kappa shape index (κ3) is 3.51. The second-order valence-electron chi connectivity index (χ2n) is 5.08. The zero-order valence-electron chi connectivity index (χ0n) is 12.7. The van der Waals surface area contributed by atoms with E-state index in [4.69, 9.17) is 0 Å². The molecule has 0 aliphatic rings. The first-order valence-corrected chi connectivity index (χ1v) is 8.06. The minimum Gasteiger partial charge on any atom is -0.293 e. The predicted octanol–water partition coefficient (Wildman–Crippen LogP) is 4.11. The number of thioether (sulfide) groups is 1. The first-order chi connectivity index (χ1) is 11.5. The van der Waals surface area contributed by atoms with Gasteiger partial charge in [0.15, 0.2) is 11.6 Å². The van der Waals surface area contributed by atoms with Gasteiger partial charge in [-0.3, -0.25) is 9.89 Å². The summed E-state index contributed by atoms with van der Waals surface area (Å²) in [6.07, 6.45) is 0. The minimum atomic E-state index is -0.742. The van der Waals surface area contributed by atoms with Crippen molar-refractivity contribution in [3.05, 3.63) is 65.7 Å². The monoisotopic (exact) mass is 345 g/mol. The highest BCUT2D eigenvalue weighted by molar-refractivity contribution is 8.00. The Hall–Kier alpha value is -2.54. The standard InChI is InChI=1S/C17H13F2N3OS/c1-10(15(23)13-9-12(18)7-8-14(13)19)24-17-20-16(21-22-17)11-5-3-2-4-6-11/h2-10H,1H3,(H,20,21,22). The summed E-state index contributed by atoms with van der Waals surface area (Å²) in [6, 6.07) is 12.2. The van der Waals surface area contributed by atoms with Crippen LogP contribution in [-0.2, 0) is 0 Å². The summed E-state index contributed by atoms with van der Waals surface area (Å²) in [5.41, 5.74) is 0.598. The highest BCUT2D eigenvalue weighted by atomic mass is 32.2. The van der Waals surface area contributed by atoms with Crippen LogP contribution in [0.25, 0.3) is 11.4 Å². The molecule has 0 saturated heterocycles. The van der Waals surface area contributed by atoms with Crippen LogP contribution in [0.4, 0.5) is 8.78 Å². The molecule has 1 N–H and O–H groups in total. The molecule has 0 radical (unpaired) electrons. The van der Waals surface area contributed by atoms with Crippen molar-refractivity contribution < 1.29 is 13.6 Å². The fraction of sp³-hybridized carbons (Fsp3) is 0.118. The van der Waals surface area contributed by atoms with Crippen molar-refractivity contribution in [3.8, 4) is 11.4 Å². The summed E-state index contributed by atoms with van der Waals surface area (Å²) in [5.74, 6) is -1.33. The van der Waals surface area contributed by atoms with Crippen LogP contribution in [0, 0.1) is 11.6 Å². The lowest BCUT2D eigenvalue weighted by atomic mass is 10.1. The number of aromatic nitrogens is 3. The van der Waals surface area contributed by atoms with E-state index in [0.717, 1.165) is 35.5 Å². The van der Waals surface area contributed by atoms with E-state index in [1.54, 1.807) is 6.92 Å². The number of halogens is 2. The molecule has 0 amide bonds. The lowest BCUT2D eigenvalue weighted by Crippen LogP contribution is -2.15. The molecule has 1 heterocycles. The van der Waals surface area contributed by atoms with E-state index in [-0.39, 0.29) is 5.56 Å². The molecular formula is C17H13F2N3OS. The average molecular weight is 345 g/mol. The van der Waals surface area contributed by atoms with Crippen molar-refractivity contribution in [1.29, 1.82) is 0 Å². The van der Waals surface area contributed by atoms with Crippen LogP contribution >= 0.6 is 11.8 Å². The summed E-state index contributed by atoms with van der Waals surface area (Å²) < 4.78 is 26.9. The average Bonchev–Trinajstić information content (AvgIpc) is 3.05. The Bertz CT molecular complexity index is 867. The van der Waals surface area contributed by atoms with E-state index in [0.29, 0.717) is 11.0 Å². The number of H-pyrrole nitrogens is 1. The summed E-state index contributed by atoms with van der Waals surface area (Å²) >= 11 is 1.08. The van der Waals surface area contributed by atoms with E-state index in [9.17, 15) is 13.6 Å². The number of nitrogens with one attached hydrogen (secondary N) is 1. The molecule has 1 aromatic heterocycles. The highest BCUT2D eigenvalue weighted by Gasteiger charge is 2.22. The molecule has 3 rings (SSSR count). The van der Waals surface area contributed by atoms with Gasteiger partial charge in [0.05, 0.1) is 10.8 Å². The topological polar surface area (TPSA) is 58.6 Å². The Morgan fingerprint density at radius 2 is 1.92 bits per heavy atom. The lowest BCUT2D eigenvalue weighted by Gasteiger charge is -2.08. The zero-order chi connectivity index (χ0) is 17.1. The Balaban J connectivity index is 1.75. The van der Waals surface area contributed by atoms with Gasteiger partial charge in [0, 0.05) is 5.56 Å². The highest BCUT2D eigenvalue weighted by Crippen LogP contribution is 2.25. The molecule has 122 valence electrons. The summed E-state index contributed by atoms with van der Waals surface area (Å²) in [4.78, 5) is 16.6. The number of carbonyl (C=O) groups is 1. The minimum absolute atomic E-state index is 0.270. The Kier molecular flexibility index (Phi) is 4.71. The van der Waals surface area contributed by atoms with Crippen LogP contribution in [0.5, 0.6) is 0 Å². The van der Waals surface area contributed by atoms with Gasteiger partial charge in [0.2, 0.25) is 5.16 Å². The molecule has 24 heavy (non-hydrogen) atoms. The second kappa shape index (κ2) is 6.92. The van der Waals surface area contributed by atoms with Gasteiger partial charge in [-0.05, 0) is 25.1 Å². The molecule has 0 aliphatic heterocycles. The number of ketones is 1. The molecule has 4 nitrogen and oxygen atoms in total. The van der Waals surface area contributed by atoms with Crippen molar-refractivity contribution in [2.24, 2.45) is 0 Å². The fourth-order valence-electron chi connectivity index (χ4n) is 2.14. The van der Waals surface area contributed by atoms with Crippen molar-refractivity contribution in [1.82, 2.24) is 15.2 Å². The first kappa shape index (κ1) is 16.3. The van der Waals surface area contributed by atoms with Gasteiger partial charge in [-0.25, -0.2) is 13.8 Å². The maximum atomic E-state index is 13.7. The van der Waals surface area contributed by atoms with Crippen LogP contribution in [0.1, 0.15) is 17.3 Å². The SMILES string of the molecule is CC(Sc1n[nH]c(-c2ccccc2)n1)C(=O)c1cc(F)ccc1F. The number of nitrogens with zero attached hydrogens (tertiary/aromatic N) is 2. The van der Waals surface area contributed by atoms with Crippen LogP contribution in [0.2, 0.25) is 0 Å². The lowest BCUT2D eigenvalue weighted by molar-refractivity contribution is 0.0989. The number of rotatable bonds is 5. The smallest absolute Gasteiger partial charge is 0.209 e. The number of benzene rings is 2. The van der Waals surface area contributed by atoms with Gasteiger partial charge in [-0.2, -0.15) is 0 Å². The molecule has 0 bridgehead atoms. The number of Topliss-reactive ketones (excluding diaryl/α,β-unsaturated/α-hetero) is 1. The fourth-order valence-corrected chi connectivity index (χ4v) is 2.93. The third-order valence-corrected chi connectivity index (χ3v) is 4.32. The van der Waals surface area contributed by atoms with E-state index in [1.165, 1.54) is 0 Å². The van der Waals surface area contributed by atoms with Crippen LogP contribution in [0.3, 0.4) is 0 Å². The molecule has 2 aromatic carbocycles. The molecular weight excluding hydrogens is 332 g/mol. The number of aromatic amines is 1. The van der Waals surface area contributed by atoms with Gasteiger partial charge >= 0.3 is 0 Å². The Labute approximate surface area is 141 Å². The number of hydrogen-bond donors (Lipinski definition) is 1. The maximum absolute atomic E-state index is 13.7. The quantitative estimate of drug-likeness (QED) is 0.558. The normalized spacial score (nSPS) is 12.1. The third-order valence-electron chi connectivity index (χ3n) is 3.36. The molecule has 0 spiro atoms. The summed E-state index contributed by atoms with van der Waals surface area (Å²) in [7, 11) is 0. The predicted molar refractivity (Wildman–Crippen MR) is 87.8 cm³/mol. The van der Waals surface area contributed by atoms with Crippen LogP contribution < -0.4 is 0 Å². The summed E-state index contributed by atoms with van der Waals surface area (Å²) in [5, 5.41) is 6.57. The van der Waals surface area contributed by atoms with Crippen molar-refractivity contribution in [2.75, 3.05) is 0 Å². The summed E-state index contributed by atoms with van der Waals surface area (Å²) in [6.45, 7) is 1.61. The van der Waals surface area contributed by atoms with Crippen molar-refractivity contribution >= 4 is 17.5 Å². The van der Waals surface area contributed by atoms with E-state index >= 15 is 0 Å². The van der Waals surface area contributed by atoms with E-state index in [2.05, 4.69) is 15.2 Å². The van der Waals surface area contributed by atoms with Gasteiger partial charge < -0.3 is 0 Å². The van der Waals surface area contributed by atoms with Gasteiger partial charge in [-0.15, -0.1) is 5.10 Å². The molecule has 1 atom stereocenters. The maximum Gasteiger partial charge on any atom is 0.209 e. The van der Waals surface area contributed by atoms with Crippen molar-refractivity contribution in [3.63, 3.8) is 0 Å². The number of hydrogen-bond acceptors (Lipinski definition) is 4. The number of carbonyl (C=O) groups excluding carboxylic acids is 1. The molecule has 0 aliphatic carbocycles. The Morgan fingerprint density at radius 1 is 1.17 bits per heavy atom. The molecule has 7 heteroatoms. The first-order valence-electron chi connectivity index (χ1n) is 7.18. The second-order valence-corrected chi connectivity index (χ2v) is 6.39. The molecule has 0 fully saturated rings. The van der Waals surface area contributed by atoms with Gasteiger partial charge in [0.1, 0.15) is 11.6 Å². The largest absolute Gasteiger partial charge is 0.293 e. The van der Waals surface area contributed by atoms with Crippen LogP contribution in [-0.4, -0.2) is 26.2 Å². The van der Waals surface area contributed by atoms with E-state index in [1.807, 2.05) is 30.3 Å². The van der Waals surface area contributed by atoms with Crippen molar-refractivity contribution in [2.45, 2.75) is 17.3 Å². The van der Waals surface area contributed by atoms with Crippen LogP contribution in [0.15, 0.2) is 53.7 Å². The van der Waals surface area contributed by atoms with E-state index < -0.39 is 22.7 Å².